The van der Waals surface area contributed by atoms with Crippen LogP contribution < -0.4 is 10.0 Å². The van der Waals surface area contributed by atoms with Crippen LogP contribution in [0, 0.1) is 22.1 Å². The number of nitrogens with one attached hydrogen (secondary N) is 3. The molecule has 1 amide bonds. The predicted molar refractivity (Wildman–Crippen MR) is 126 cm³/mol. The Kier molecular flexibility index (Phi) is 6.77. The Labute approximate surface area is 194 Å². The van der Waals surface area contributed by atoms with E-state index in [1.165, 1.54) is 11.6 Å². The maximum absolute atomic E-state index is 13.7. The lowest BCUT2D eigenvalue weighted by atomic mass is 10.0. The number of hydrogen-bond acceptors (Lipinski definition) is 4. The molecule has 0 saturated heterocycles. The van der Waals surface area contributed by atoms with E-state index in [9.17, 15) is 9.18 Å². The van der Waals surface area contributed by atoms with E-state index in [4.69, 9.17) is 10.0 Å². The highest BCUT2D eigenvalue weighted by molar-refractivity contribution is 7.84. The van der Waals surface area contributed by atoms with Gasteiger partial charge < -0.3 is 9.88 Å². The highest BCUT2D eigenvalue weighted by atomic mass is 32.2. The van der Waals surface area contributed by atoms with Gasteiger partial charge in [0.2, 0.25) is 5.95 Å². The third kappa shape index (κ3) is 5.25. The van der Waals surface area contributed by atoms with Crippen LogP contribution in [0.1, 0.15) is 40.2 Å². The Bertz CT molecular complexity index is 1280. The van der Waals surface area contributed by atoms with E-state index < -0.39 is 22.7 Å². The average molecular weight is 463 g/mol. The van der Waals surface area contributed by atoms with Crippen LogP contribution in [-0.2, 0) is 24.3 Å². The van der Waals surface area contributed by atoms with Crippen molar-refractivity contribution in [2.24, 2.45) is 7.05 Å². The number of fused-ring (bicyclic) bond motifs is 1. The SMILES string of the molecule is Cn1cc2c(c1C(=O)Nc1cc(F)nc(C#N)c1)C=CC(CCCc1ccccc1)NS2=N. The van der Waals surface area contributed by atoms with E-state index in [0.717, 1.165) is 30.2 Å². The van der Waals surface area contributed by atoms with Gasteiger partial charge in [0, 0.05) is 36.6 Å². The molecule has 0 spiro atoms. The number of rotatable bonds is 6. The topological polar surface area (TPSA) is 107 Å². The van der Waals surface area contributed by atoms with E-state index >= 15 is 0 Å². The number of halogens is 1. The molecule has 3 aromatic rings. The molecule has 1 aliphatic heterocycles. The normalized spacial score (nSPS) is 17.1. The largest absolute Gasteiger partial charge is 0.345 e. The van der Waals surface area contributed by atoms with Gasteiger partial charge in [-0.15, -0.1) is 0 Å². The fourth-order valence-electron chi connectivity index (χ4n) is 3.83. The molecule has 0 radical (unpaired) electrons. The van der Waals surface area contributed by atoms with Gasteiger partial charge in [-0.3, -0.25) is 9.57 Å². The van der Waals surface area contributed by atoms with Gasteiger partial charge in [-0.05, 0) is 41.8 Å². The van der Waals surface area contributed by atoms with Crippen molar-refractivity contribution in [1.82, 2.24) is 14.3 Å². The average Bonchev–Trinajstić information content (AvgIpc) is 3.06. The van der Waals surface area contributed by atoms with Crippen molar-refractivity contribution in [3.8, 4) is 6.07 Å². The van der Waals surface area contributed by atoms with Crippen LogP contribution in [0.2, 0.25) is 0 Å². The molecule has 3 heterocycles. The van der Waals surface area contributed by atoms with Gasteiger partial charge >= 0.3 is 0 Å². The zero-order chi connectivity index (χ0) is 23.4. The van der Waals surface area contributed by atoms with E-state index in [0.29, 0.717) is 11.3 Å². The Balaban J connectivity index is 1.51. The van der Waals surface area contributed by atoms with E-state index in [2.05, 4.69) is 27.2 Å². The molecule has 0 aliphatic carbocycles. The number of nitrogens with zero attached hydrogens (tertiary/aromatic N) is 3. The Morgan fingerprint density at radius 3 is 2.91 bits per heavy atom. The number of carbonyl (C=O) groups is 1. The number of hydrogen-bond donors (Lipinski definition) is 3. The zero-order valence-corrected chi connectivity index (χ0v) is 18.8. The first-order valence-electron chi connectivity index (χ1n) is 10.5. The standard InChI is InChI=1S/C24H23FN6OS/c1-31-15-21-20(23(31)24(32)29-18-12-19(14-26)28-22(25)13-18)11-10-17(30-33(21)27)9-5-8-16-6-3-2-4-7-16/h2-4,6-7,10-13,15,17H,5,8-9H2,1H3,(H2,27,30)(H,28,29,32). The molecular weight excluding hydrogens is 439 g/mol. The summed E-state index contributed by atoms with van der Waals surface area (Å²) in [5.41, 5.74) is 2.36. The van der Waals surface area contributed by atoms with Gasteiger partial charge in [0.15, 0.2) is 0 Å². The molecule has 168 valence electrons. The Morgan fingerprint density at radius 2 is 2.15 bits per heavy atom. The van der Waals surface area contributed by atoms with Crippen molar-refractivity contribution in [3.05, 3.63) is 83.2 Å². The summed E-state index contributed by atoms with van der Waals surface area (Å²) in [7, 11) is 0.738. The third-order valence-corrected chi connectivity index (χ3v) is 6.68. The highest BCUT2D eigenvalue weighted by Gasteiger charge is 2.24. The summed E-state index contributed by atoms with van der Waals surface area (Å²) in [6.45, 7) is 0. The molecule has 2 aromatic heterocycles. The molecule has 1 aliphatic rings. The second-order valence-corrected chi connectivity index (χ2v) is 9.05. The van der Waals surface area contributed by atoms with Crippen LogP contribution in [0.25, 0.3) is 6.08 Å². The number of aryl methyl sites for hydroxylation is 2. The van der Waals surface area contributed by atoms with Crippen LogP contribution in [0.5, 0.6) is 0 Å². The van der Waals surface area contributed by atoms with Crippen molar-refractivity contribution in [1.29, 1.82) is 10.0 Å². The summed E-state index contributed by atoms with van der Waals surface area (Å²) in [4.78, 5) is 17.2. The lowest BCUT2D eigenvalue weighted by molar-refractivity contribution is 0.101. The first-order chi connectivity index (χ1) is 15.9. The number of nitriles is 1. The first kappa shape index (κ1) is 22.6. The molecule has 2 unspecified atom stereocenters. The molecule has 1 aromatic carbocycles. The summed E-state index contributed by atoms with van der Waals surface area (Å²) in [6.07, 6.45) is 8.48. The maximum atomic E-state index is 13.7. The molecule has 33 heavy (non-hydrogen) atoms. The van der Waals surface area contributed by atoms with E-state index in [1.807, 2.05) is 30.4 Å². The minimum atomic E-state index is -0.998. The number of amides is 1. The van der Waals surface area contributed by atoms with E-state index in [1.54, 1.807) is 23.9 Å². The number of aromatic nitrogens is 2. The van der Waals surface area contributed by atoms with Crippen LogP contribution in [-0.4, -0.2) is 21.5 Å². The molecule has 0 saturated carbocycles. The Hall–Kier alpha value is -3.61. The second-order valence-electron chi connectivity index (χ2n) is 7.76. The summed E-state index contributed by atoms with van der Waals surface area (Å²) in [6, 6.07) is 14.5. The number of pyridine rings is 1. The van der Waals surface area contributed by atoms with Crippen LogP contribution in [0.4, 0.5) is 10.1 Å². The minimum Gasteiger partial charge on any atom is -0.345 e. The third-order valence-electron chi connectivity index (χ3n) is 5.37. The molecule has 0 bridgehead atoms. The number of carbonyl (C=O) groups excluding carboxylic acids is 1. The monoisotopic (exact) mass is 462 g/mol. The van der Waals surface area contributed by atoms with Gasteiger partial charge in [-0.2, -0.15) is 9.65 Å². The molecular formula is C24H23FN6OS. The van der Waals surface area contributed by atoms with Crippen molar-refractivity contribution < 1.29 is 9.18 Å². The zero-order valence-electron chi connectivity index (χ0n) is 18.0. The van der Waals surface area contributed by atoms with Crippen LogP contribution in [0.3, 0.4) is 0 Å². The summed E-state index contributed by atoms with van der Waals surface area (Å²) in [5.74, 6) is -1.29. The van der Waals surface area contributed by atoms with Crippen LogP contribution in [0.15, 0.2) is 59.6 Å². The van der Waals surface area contributed by atoms with Gasteiger partial charge in [-0.1, -0.05) is 42.5 Å². The fraction of sp³-hybridized carbons (Fsp3) is 0.208. The van der Waals surface area contributed by atoms with Gasteiger partial charge in [0.1, 0.15) is 17.5 Å². The van der Waals surface area contributed by atoms with Crippen molar-refractivity contribution in [3.63, 3.8) is 0 Å². The predicted octanol–water partition coefficient (Wildman–Crippen LogP) is 4.35. The number of anilines is 1. The van der Waals surface area contributed by atoms with E-state index in [-0.39, 0.29) is 17.4 Å². The molecule has 9 heteroatoms. The molecule has 0 fully saturated rings. The molecule has 4 rings (SSSR count). The highest BCUT2D eigenvalue weighted by Crippen LogP contribution is 2.26. The first-order valence-corrected chi connectivity index (χ1v) is 11.7. The molecule has 2 atom stereocenters. The van der Waals surface area contributed by atoms with Crippen molar-refractivity contribution >= 4 is 28.5 Å². The lowest BCUT2D eigenvalue weighted by Crippen LogP contribution is -2.27. The second kappa shape index (κ2) is 9.90. The summed E-state index contributed by atoms with van der Waals surface area (Å²) >= 11 is 0. The molecule has 7 nitrogen and oxygen atoms in total. The van der Waals surface area contributed by atoms with Crippen molar-refractivity contribution in [2.75, 3.05) is 5.32 Å². The quantitative estimate of drug-likeness (QED) is 0.474. The van der Waals surface area contributed by atoms with Crippen LogP contribution >= 0.6 is 0 Å². The van der Waals surface area contributed by atoms with Gasteiger partial charge in [0.25, 0.3) is 5.91 Å². The smallest absolute Gasteiger partial charge is 0.272 e. The van der Waals surface area contributed by atoms with Gasteiger partial charge in [0.05, 0.1) is 4.90 Å². The Morgan fingerprint density at radius 1 is 1.36 bits per heavy atom. The summed E-state index contributed by atoms with van der Waals surface area (Å²) in [5, 5.41) is 11.6. The van der Waals surface area contributed by atoms with Crippen molar-refractivity contribution in [2.45, 2.75) is 30.2 Å². The van der Waals surface area contributed by atoms with Gasteiger partial charge in [-0.25, -0.2) is 9.71 Å². The fourth-order valence-corrected chi connectivity index (χ4v) is 5.11. The summed E-state index contributed by atoms with van der Waals surface area (Å²) < 4.78 is 27.3. The lowest BCUT2D eigenvalue weighted by Gasteiger charge is -2.14. The molecule has 3 N–H and O–H groups in total. The number of benzene rings is 1. The minimum absolute atomic E-state index is 0.0237. The maximum Gasteiger partial charge on any atom is 0.272 e.